The van der Waals surface area contributed by atoms with Gasteiger partial charge in [-0.15, -0.1) is 11.8 Å². The average Bonchev–Trinajstić information content (AvgIpc) is 3.09. The fourth-order valence-electron chi connectivity index (χ4n) is 2.25. The molecule has 3 aromatic rings. The van der Waals surface area contributed by atoms with Gasteiger partial charge in [-0.3, -0.25) is 4.79 Å². The molecular formula is C18H16ClN3O2S. The van der Waals surface area contributed by atoms with Crippen LogP contribution in [0.5, 0.6) is 0 Å². The lowest BCUT2D eigenvalue weighted by molar-refractivity contribution is -0.116. The molecule has 0 bridgehead atoms. The van der Waals surface area contributed by atoms with E-state index >= 15 is 0 Å². The Kier molecular flexibility index (Phi) is 5.73. The fourth-order valence-corrected chi connectivity index (χ4v) is 2.93. The molecule has 0 saturated carbocycles. The van der Waals surface area contributed by atoms with Crippen LogP contribution in [0, 0.1) is 0 Å². The number of carbonyl (C=O) groups excluding carboxylic acids is 1. The zero-order valence-electron chi connectivity index (χ0n) is 13.5. The van der Waals surface area contributed by atoms with E-state index in [9.17, 15) is 4.79 Å². The molecule has 3 rings (SSSR count). The smallest absolute Gasteiger partial charge is 0.227 e. The van der Waals surface area contributed by atoms with Gasteiger partial charge in [0, 0.05) is 29.0 Å². The van der Waals surface area contributed by atoms with E-state index in [1.165, 1.54) is 0 Å². The highest BCUT2D eigenvalue weighted by atomic mass is 35.5. The van der Waals surface area contributed by atoms with Crippen molar-refractivity contribution in [2.24, 2.45) is 0 Å². The van der Waals surface area contributed by atoms with Gasteiger partial charge in [0.05, 0.1) is 5.02 Å². The first kappa shape index (κ1) is 17.5. The lowest BCUT2D eigenvalue weighted by Gasteiger charge is -2.05. The molecular weight excluding hydrogens is 358 g/mol. The van der Waals surface area contributed by atoms with Crippen molar-refractivity contribution in [3.8, 4) is 11.4 Å². The molecule has 5 nitrogen and oxygen atoms in total. The van der Waals surface area contributed by atoms with Gasteiger partial charge in [-0.25, -0.2) is 0 Å². The number of thioether (sulfide) groups is 1. The Hall–Kier alpha value is -2.31. The van der Waals surface area contributed by atoms with Crippen molar-refractivity contribution in [2.45, 2.75) is 17.7 Å². The number of nitrogens with zero attached hydrogens (tertiary/aromatic N) is 2. The summed E-state index contributed by atoms with van der Waals surface area (Å²) in [5, 5.41) is 7.35. The summed E-state index contributed by atoms with van der Waals surface area (Å²) in [6, 6.07) is 15.0. The number of halogens is 1. The van der Waals surface area contributed by atoms with E-state index in [-0.39, 0.29) is 12.3 Å². The highest BCUT2D eigenvalue weighted by Gasteiger charge is 2.13. The van der Waals surface area contributed by atoms with Crippen LogP contribution in [0.2, 0.25) is 5.02 Å². The van der Waals surface area contributed by atoms with Crippen molar-refractivity contribution in [2.75, 3.05) is 11.6 Å². The molecule has 0 radical (unpaired) electrons. The monoisotopic (exact) mass is 373 g/mol. The minimum absolute atomic E-state index is 0.101. The summed E-state index contributed by atoms with van der Waals surface area (Å²) in [6.07, 6.45) is 2.62. The normalized spacial score (nSPS) is 10.6. The number of aromatic nitrogens is 2. The van der Waals surface area contributed by atoms with Gasteiger partial charge < -0.3 is 9.84 Å². The van der Waals surface area contributed by atoms with Crippen LogP contribution in [-0.4, -0.2) is 22.3 Å². The second-order valence-electron chi connectivity index (χ2n) is 5.27. The molecule has 7 heteroatoms. The van der Waals surface area contributed by atoms with Crippen molar-refractivity contribution >= 4 is 35.0 Å². The number of amides is 1. The van der Waals surface area contributed by atoms with E-state index in [0.717, 1.165) is 10.6 Å². The Bertz CT molecular complexity index is 882. The molecule has 128 valence electrons. The molecule has 0 aliphatic heterocycles. The van der Waals surface area contributed by atoms with Gasteiger partial charge in [0.25, 0.3) is 0 Å². The highest BCUT2D eigenvalue weighted by molar-refractivity contribution is 7.98. The molecule has 0 aliphatic carbocycles. The quantitative estimate of drug-likeness (QED) is 0.635. The topological polar surface area (TPSA) is 68.0 Å². The van der Waals surface area contributed by atoms with Gasteiger partial charge in [0.15, 0.2) is 0 Å². The molecule has 0 atom stereocenters. The van der Waals surface area contributed by atoms with Gasteiger partial charge in [-0.2, -0.15) is 4.98 Å². The second-order valence-corrected chi connectivity index (χ2v) is 6.56. The van der Waals surface area contributed by atoms with Gasteiger partial charge >= 0.3 is 0 Å². The first-order chi connectivity index (χ1) is 12.2. The second kappa shape index (κ2) is 8.18. The summed E-state index contributed by atoms with van der Waals surface area (Å²) in [4.78, 5) is 17.5. The van der Waals surface area contributed by atoms with Crippen LogP contribution in [0.25, 0.3) is 11.4 Å². The number of rotatable bonds is 6. The summed E-state index contributed by atoms with van der Waals surface area (Å²) in [7, 11) is 0. The van der Waals surface area contributed by atoms with Gasteiger partial charge in [0.2, 0.25) is 17.6 Å². The van der Waals surface area contributed by atoms with Crippen molar-refractivity contribution in [1.29, 1.82) is 0 Å². The number of carbonyl (C=O) groups is 1. The number of hydrogen-bond donors (Lipinski definition) is 1. The van der Waals surface area contributed by atoms with Crippen molar-refractivity contribution in [1.82, 2.24) is 10.1 Å². The third-order valence-corrected chi connectivity index (χ3v) is 4.56. The van der Waals surface area contributed by atoms with E-state index in [1.807, 2.05) is 48.7 Å². The third-order valence-electron chi connectivity index (χ3n) is 3.50. The highest BCUT2D eigenvalue weighted by Crippen LogP contribution is 2.25. The third kappa shape index (κ3) is 4.61. The van der Waals surface area contributed by atoms with Crippen LogP contribution in [-0.2, 0) is 11.2 Å². The first-order valence-corrected chi connectivity index (χ1v) is 9.27. The van der Waals surface area contributed by atoms with Crippen LogP contribution < -0.4 is 5.32 Å². The van der Waals surface area contributed by atoms with Crippen molar-refractivity contribution in [3.05, 3.63) is 59.4 Å². The lowest BCUT2D eigenvalue weighted by atomic mass is 10.2. The molecule has 25 heavy (non-hydrogen) atoms. The van der Waals surface area contributed by atoms with Gasteiger partial charge in [-0.1, -0.05) is 35.0 Å². The van der Waals surface area contributed by atoms with E-state index < -0.39 is 0 Å². The average molecular weight is 374 g/mol. The molecule has 1 heterocycles. The van der Waals surface area contributed by atoms with E-state index in [1.54, 1.807) is 17.8 Å². The van der Waals surface area contributed by atoms with Crippen LogP contribution in [0.1, 0.15) is 12.3 Å². The van der Waals surface area contributed by atoms with E-state index in [2.05, 4.69) is 15.5 Å². The molecule has 0 saturated heterocycles. The Morgan fingerprint density at radius 3 is 2.88 bits per heavy atom. The molecule has 2 aromatic carbocycles. The maximum Gasteiger partial charge on any atom is 0.227 e. The van der Waals surface area contributed by atoms with Crippen LogP contribution in [0.3, 0.4) is 0 Å². The summed E-state index contributed by atoms with van der Waals surface area (Å²) >= 11 is 7.75. The van der Waals surface area contributed by atoms with E-state index in [0.29, 0.717) is 28.7 Å². The minimum atomic E-state index is -0.101. The summed E-state index contributed by atoms with van der Waals surface area (Å²) < 4.78 is 5.21. The van der Waals surface area contributed by atoms with Crippen LogP contribution in [0.15, 0.2) is 57.9 Å². The van der Waals surface area contributed by atoms with Crippen LogP contribution >= 0.6 is 23.4 Å². The maximum absolute atomic E-state index is 12.1. The molecule has 1 amide bonds. The zero-order valence-corrected chi connectivity index (χ0v) is 15.1. The van der Waals surface area contributed by atoms with Gasteiger partial charge in [-0.05, 0) is 36.6 Å². The molecule has 1 aromatic heterocycles. The Balaban J connectivity index is 1.58. The van der Waals surface area contributed by atoms with Gasteiger partial charge in [0.1, 0.15) is 0 Å². The summed E-state index contributed by atoms with van der Waals surface area (Å²) in [5.74, 6) is 0.729. The number of anilines is 1. The van der Waals surface area contributed by atoms with E-state index in [4.69, 9.17) is 16.1 Å². The molecule has 0 unspecified atom stereocenters. The lowest BCUT2D eigenvalue weighted by Crippen LogP contribution is -2.12. The number of benzene rings is 2. The largest absolute Gasteiger partial charge is 0.339 e. The maximum atomic E-state index is 12.1. The number of nitrogens with one attached hydrogen (secondary N) is 1. The SMILES string of the molecule is CSc1cccc(NC(=O)CCc2nc(-c3ccccc3Cl)no2)c1. The van der Waals surface area contributed by atoms with Crippen molar-refractivity contribution in [3.63, 3.8) is 0 Å². The Morgan fingerprint density at radius 1 is 1.24 bits per heavy atom. The molecule has 0 aliphatic rings. The molecule has 0 spiro atoms. The predicted octanol–water partition coefficient (Wildman–Crippen LogP) is 4.68. The first-order valence-electron chi connectivity index (χ1n) is 7.67. The minimum Gasteiger partial charge on any atom is -0.339 e. The standard InChI is InChI=1S/C18H16ClN3O2S/c1-25-13-6-4-5-12(11-13)20-16(23)9-10-17-21-18(22-24-17)14-7-2-3-8-15(14)19/h2-8,11H,9-10H2,1H3,(H,20,23). The number of aryl methyl sites for hydroxylation is 1. The fraction of sp³-hybridized carbons (Fsp3) is 0.167. The predicted molar refractivity (Wildman–Crippen MR) is 99.9 cm³/mol. The number of hydrogen-bond acceptors (Lipinski definition) is 5. The Morgan fingerprint density at radius 2 is 2.08 bits per heavy atom. The van der Waals surface area contributed by atoms with Crippen LogP contribution in [0.4, 0.5) is 5.69 Å². The van der Waals surface area contributed by atoms with Crippen molar-refractivity contribution < 1.29 is 9.32 Å². The summed E-state index contributed by atoms with van der Waals surface area (Å²) in [5.41, 5.74) is 1.48. The Labute approximate surface area is 154 Å². The summed E-state index contributed by atoms with van der Waals surface area (Å²) in [6.45, 7) is 0. The molecule has 0 fully saturated rings. The molecule has 1 N–H and O–H groups in total. The zero-order chi connectivity index (χ0) is 17.6.